The highest BCUT2D eigenvalue weighted by atomic mass is 16.5. The molecule has 0 atom stereocenters. The van der Waals surface area contributed by atoms with Crippen molar-refractivity contribution in [1.82, 2.24) is 4.98 Å². The standard InChI is InChI=1S/C8H7N3O/c9-5-6-1-2-7-8(11-6)12-4-3-10-7/h1-2,10H,3-4H2. The lowest BCUT2D eigenvalue weighted by molar-refractivity contribution is 0.310. The highest BCUT2D eigenvalue weighted by molar-refractivity contribution is 5.55. The molecule has 0 saturated heterocycles. The number of rotatable bonds is 0. The molecular formula is C8H7N3O. The molecule has 2 rings (SSSR count). The van der Waals surface area contributed by atoms with Gasteiger partial charge in [-0.3, -0.25) is 0 Å². The first-order valence-electron chi connectivity index (χ1n) is 3.68. The molecule has 1 aliphatic heterocycles. The van der Waals surface area contributed by atoms with Crippen LogP contribution in [0, 0.1) is 11.3 Å². The van der Waals surface area contributed by atoms with Crippen LogP contribution in [0.3, 0.4) is 0 Å². The molecule has 4 heteroatoms. The predicted octanol–water partition coefficient (Wildman–Crippen LogP) is 0.758. The van der Waals surface area contributed by atoms with E-state index in [0.717, 1.165) is 12.2 Å². The van der Waals surface area contributed by atoms with Crippen LogP contribution in [0.25, 0.3) is 0 Å². The van der Waals surface area contributed by atoms with Crippen molar-refractivity contribution in [3.8, 4) is 11.9 Å². The minimum Gasteiger partial charge on any atom is -0.474 e. The molecule has 12 heavy (non-hydrogen) atoms. The summed E-state index contributed by atoms with van der Waals surface area (Å²) in [6.07, 6.45) is 0. The van der Waals surface area contributed by atoms with Crippen LogP contribution in [0.1, 0.15) is 5.69 Å². The molecule has 1 aromatic heterocycles. The first-order chi connectivity index (χ1) is 5.90. The van der Waals surface area contributed by atoms with Crippen molar-refractivity contribution in [3.05, 3.63) is 17.8 Å². The molecule has 0 saturated carbocycles. The Bertz CT molecular complexity index is 343. The third-order valence-electron chi connectivity index (χ3n) is 1.63. The van der Waals surface area contributed by atoms with E-state index in [2.05, 4.69) is 10.3 Å². The number of pyridine rings is 1. The summed E-state index contributed by atoms with van der Waals surface area (Å²) in [5.41, 5.74) is 1.25. The van der Waals surface area contributed by atoms with Gasteiger partial charge in [-0.2, -0.15) is 5.26 Å². The number of aromatic nitrogens is 1. The molecule has 0 radical (unpaired) electrons. The predicted molar refractivity (Wildman–Crippen MR) is 42.9 cm³/mol. The molecule has 60 valence electrons. The largest absolute Gasteiger partial charge is 0.474 e. The summed E-state index contributed by atoms with van der Waals surface area (Å²) < 4.78 is 5.24. The maximum atomic E-state index is 8.55. The molecule has 1 N–H and O–H groups in total. The second kappa shape index (κ2) is 2.70. The van der Waals surface area contributed by atoms with Crippen LogP contribution in [-0.4, -0.2) is 18.1 Å². The second-order valence-corrected chi connectivity index (χ2v) is 2.44. The lowest BCUT2D eigenvalue weighted by Gasteiger charge is -2.17. The van der Waals surface area contributed by atoms with Gasteiger partial charge in [0, 0.05) is 6.54 Å². The quantitative estimate of drug-likeness (QED) is 0.610. The third-order valence-corrected chi connectivity index (χ3v) is 1.63. The van der Waals surface area contributed by atoms with Gasteiger partial charge in [-0.25, -0.2) is 4.98 Å². The van der Waals surface area contributed by atoms with Gasteiger partial charge in [-0.15, -0.1) is 0 Å². The zero-order valence-corrected chi connectivity index (χ0v) is 6.37. The summed E-state index contributed by atoms with van der Waals surface area (Å²) in [4.78, 5) is 3.99. The SMILES string of the molecule is N#Cc1ccc2c(n1)OCCN2. The number of nitrogens with zero attached hydrogens (tertiary/aromatic N) is 2. The third kappa shape index (κ3) is 1.05. The fourth-order valence-corrected chi connectivity index (χ4v) is 1.08. The Labute approximate surface area is 69.8 Å². The minimum atomic E-state index is 0.387. The maximum absolute atomic E-state index is 8.55. The summed E-state index contributed by atoms with van der Waals surface area (Å²) in [7, 11) is 0. The topological polar surface area (TPSA) is 57.9 Å². The van der Waals surface area contributed by atoms with Gasteiger partial charge in [0.1, 0.15) is 18.4 Å². The number of hydrogen-bond acceptors (Lipinski definition) is 4. The van der Waals surface area contributed by atoms with Crippen molar-refractivity contribution in [2.24, 2.45) is 0 Å². The van der Waals surface area contributed by atoms with E-state index in [1.165, 1.54) is 0 Å². The average Bonchev–Trinajstić information content (AvgIpc) is 2.17. The van der Waals surface area contributed by atoms with Gasteiger partial charge in [0.25, 0.3) is 0 Å². The van der Waals surface area contributed by atoms with Crippen molar-refractivity contribution in [3.63, 3.8) is 0 Å². The van der Waals surface area contributed by atoms with Gasteiger partial charge in [-0.1, -0.05) is 0 Å². The van der Waals surface area contributed by atoms with Crippen molar-refractivity contribution < 1.29 is 4.74 Å². The van der Waals surface area contributed by atoms with Crippen LogP contribution >= 0.6 is 0 Å². The summed E-state index contributed by atoms with van der Waals surface area (Å²) in [6, 6.07) is 5.43. The number of hydrogen-bond donors (Lipinski definition) is 1. The van der Waals surface area contributed by atoms with E-state index in [1.807, 2.05) is 6.07 Å². The summed E-state index contributed by atoms with van der Waals surface area (Å²) in [5.74, 6) is 0.528. The van der Waals surface area contributed by atoms with Gasteiger partial charge in [0.15, 0.2) is 0 Å². The normalized spacial score (nSPS) is 13.6. The van der Waals surface area contributed by atoms with Crippen LogP contribution < -0.4 is 10.1 Å². The van der Waals surface area contributed by atoms with Crippen LogP contribution in [-0.2, 0) is 0 Å². The molecule has 0 aromatic carbocycles. The van der Waals surface area contributed by atoms with E-state index in [1.54, 1.807) is 12.1 Å². The summed E-state index contributed by atoms with van der Waals surface area (Å²) >= 11 is 0. The summed E-state index contributed by atoms with van der Waals surface area (Å²) in [5, 5.41) is 11.7. The molecule has 0 fully saturated rings. The highest BCUT2D eigenvalue weighted by Crippen LogP contribution is 2.23. The monoisotopic (exact) mass is 161 g/mol. The number of fused-ring (bicyclic) bond motifs is 1. The van der Waals surface area contributed by atoms with Gasteiger partial charge >= 0.3 is 0 Å². The van der Waals surface area contributed by atoms with E-state index in [4.69, 9.17) is 10.00 Å². The summed E-state index contributed by atoms with van der Waals surface area (Å²) in [6.45, 7) is 1.40. The smallest absolute Gasteiger partial charge is 0.238 e. The van der Waals surface area contributed by atoms with E-state index < -0.39 is 0 Å². The highest BCUT2D eigenvalue weighted by Gasteiger charge is 2.10. The van der Waals surface area contributed by atoms with E-state index in [-0.39, 0.29) is 0 Å². The molecule has 0 amide bonds. The number of nitrogens with one attached hydrogen (secondary N) is 1. The molecule has 1 aliphatic rings. The molecule has 2 heterocycles. The molecular weight excluding hydrogens is 154 g/mol. The average molecular weight is 161 g/mol. The lowest BCUT2D eigenvalue weighted by atomic mass is 10.3. The van der Waals surface area contributed by atoms with Gasteiger partial charge in [-0.05, 0) is 12.1 Å². The molecule has 0 unspecified atom stereocenters. The van der Waals surface area contributed by atoms with Gasteiger partial charge in [0.05, 0.1) is 5.69 Å². The Hall–Kier alpha value is -1.76. The molecule has 0 bridgehead atoms. The van der Waals surface area contributed by atoms with Gasteiger partial charge in [0.2, 0.25) is 5.88 Å². The number of ether oxygens (including phenoxy) is 1. The van der Waals surface area contributed by atoms with Crippen LogP contribution in [0.5, 0.6) is 5.88 Å². The first kappa shape index (κ1) is 6.92. The zero-order chi connectivity index (χ0) is 8.39. The van der Waals surface area contributed by atoms with Gasteiger partial charge < -0.3 is 10.1 Å². The van der Waals surface area contributed by atoms with E-state index >= 15 is 0 Å². The molecule has 1 aromatic rings. The zero-order valence-electron chi connectivity index (χ0n) is 6.37. The Morgan fingerprint density at radius 1 is 1.58 bits per heavy atom. The number of nitriles is 1. The second-order valence-electron chi connectivity index (χ2n) is 2.44. The van der Waals surface area contributed by atoms with Crippen molar-refractivity contribution in [2.75, 3.05) is 18.5 Å². The molecule has 0 aliphatic carbocycles. The fraction of sp³-hybridized carbons (Fsp3) is 0.250. The Morgan fingerprint density at radius 3 is 3.33 bits per heavy atom. The van der Waals surface area contributed by atoms with Crippen LogP contribution in [0.4, 0.5) is 5.69 Å². The Kier molecular flexibility index (Phi) is 1.56. The number of anilines is 1. The first-order valence-corrected chi connectivity index (χ1v) is 3.68. The van der Waals surface area contributed by atoms with E-state index in [9.17, 15) is 0 Å². The Balaban J connectivity index is 2.44. The van der Waals surface area contributed by atoms with Crippen molar-refractivity contribution in [1.29, 1.82) is 5.26 Å². The van der Waals surface area contributed by atoms with Crippen LogP contribution in [0.2, 0.25) is 0 Å². The minimum absolute atomic E-state index is 0.387. The van der Waals surface area contributed by atoms with E-state index in [0.29, 0.717) is 18.2 Å². The molecule has 0 spiro atoms. The van der Waals surface area contributed by atoms with Crippen LogP contribution in [0.15, 0.2) is 12.1 Å². The fourth-order valence-electron chi connectivity index (χ4n) is 1.08. The molecule has 4 nitrogen and oxygen atoms in total. The van der Waals surface area contributed by atoms with Crippen molar-refractivity contribution >= 4 is 5.69 Å². The maximum Gasteiger partial charge on any atom is 0.238 e. The van der Waals surface area contributed by atoms with Crippen molar-refractivity contribution in [2.45, 2.75) is 0 Å². The Morgan fingerprint density at radius 2 is 2.50 bits per heavy atom. The lowest BCUT2D eigenvalue weighted by Crippen LogP contribution is -2.18.